The number of rotatable bonds is 10. The molecule has 0 amide bonds. The van der Waals surface area contributed by atoms with Crippen LogP contribution in [0.3, 0.4) is 0 Å². The Morgan fingerprint density at radius 3 is 2.50 bits per heavy atom. The number of nitro benzene ring substituents is 1. The van der Waals surface area contributed by atoms with Crippen molar-refractivity contribution in [2.75, 3.05) is 20.3 Å². The monoisotopic (exact) mass is 388 g/mol. The van der Waals surface area contributed by atoms with Crippen LogP contribution in [0, 0.1) is 10.1 Å². The first kappa shape index (κ1) is 21.2. The number of nitrogens with one attached hydrogen (secondary N) is 1. The van der Waals surface area contributed by atoms with Crippen LogP contribution in [-0.2, 0) is 22.5 Å². The molecule has 0 atom stereocenters. The highest BCUT2D eigenvalue weighted by atomic mass is 16.6. The minimum absolute atomic E-state index is 0.0109. The summed E-state index contributed by atoms with van der Waals surface area (Å²) in [5.74, 6) is 1.04. The molecule has 150 valence electrons. The fraction of sp³-hybridized carbons (Fsp3) is 0.350. The summed E-state index contributed by atoms with van der Waals surface area (Å²) in [5.41, 5.74) is 1.35. The van der Waals surface area contributed by atoms with Gasteiger partial charge < -0.3 is 19.5 Å². The Balaban J connectivity index is 2.34. The Bertz CT molecular complexity index is 837. The van der Waals surface area contributed by atoms with Gasteiger partial charge in [0.1, 0.15) is 5.75 Å². The molecule has 0 aliphatic rings. The maximum absolute atomic E-state index is 11.7. The van der Waals surface area contributed by atoms with Crippen LogP contribution in [0.2, 0.25) is 0 Å². The molecule has 0 unspecified atom stereocenters. The van der Waals surface area contributed by atoms with Crippen LogP contribution >= 0.6 is 0 Å². The van der Waals surface area contributed by atoms with Crippen LogP contribution in [0.1, 0.15) is 25.0 Å². The largest absolute Gasteiger partial charge is 0.493 e. The van der Waals surface area contributed by atoms with E-state index in [0.717, 1.165) is 0 Å². The third kappa shape index (κ3) is 5.68. The minimum atomic E-state index is -0.445. The number of hydrogen-bond acceptors (Lipinski definition) is 7. The number of hydrogen-bond donors (Lipinski definition) is 1. The van der Waals surface area contributed by atoms with E-state index in [0.29, 0.717) is 48.1 Å². The number of benzene rings is 2. The van der Waals surface area contributed by atoms with Crippen molar-refractivity contribution in [1.82, 2.24) is 5.32 Å². The molecule has 0 aliphatic carbocycles. The topological polar surface area (TPSA) is 99.9 Å². The molecule has 2 aromatic carbocycles. The summed E-state index contributed by atoms with van der Waals surface area (Å²) < 4.78 is 16.3. The van der Waals surface area contributed by atoms with Crippen molar-refractivity contribution in [2.45, 2.75) is 26.8 Å². The zero-order valence-corrected chi connectivity index (χ0v) is 16.2. The number of methoxy groups -OCH3 is 1. The molecule has 0 saturated carbocycles. The lowest BCUT2D eigenvalue weighted by molar-refractivity contribution is -0.384. The van der Waals surface area contributed by atoms with Gasteiger partial charge in [-0.2, -0.15) is 0 Å². The van der Waals surface area contributed by atoms with Crippen molar-refractivity contribution in [2.24, 2.45) is 0 Å². The molecular formula is C20H24N2O6. The molecule has 0 aromatic heterocycles. The molecule has 1 N–H and O–H groups in total. The van der Waals surface area contributed by atoms with Gasteiger partial charge in [0.05, 0.1) is 25.1 Å². The van der Waals surface area contributed by atoms with Gasteiger partial charge in [0.2, 0.25) is 0 Å². The smallest absolute Gasteiger partial charge is 0.310 e. The average molecular weight is 388 g/mol. The van der Waals surface area contributed by atoms with Crippen molar-refractivity contribution in [1.29, 1.82) is 0 Å². The molecule has 0 fully saturated rings. The van der Waals surface area contributed by atoms with Gasteiger partial charge in [-0.25, -0.2) is 0 Å². The van der Waals surface area contributed by atoms with Gasteiger partial charge in [0.25, 0.3) is 5.69 Å². The number of nitrogens with zero attached hydrogens (tertiary/aromatic N) is 1. The third-order valence-electron chi connectivity index (χ3n) is 3.92. The van der Waals surface area contributed by atoms with Gasteiger partial charge in [-0.1, -0.05) is 13.0 Å². The molecule has 0 aliphatic heterocycles. The number of carbonyl (C=O) groups excluding carboxylic acids is 1. The van der Waals surface area contributed by atoms with Crippen LogP contribution in [0.25, 0.3) is 0 Å². The Hall–Kier alpha value is -3.13. The average Bonchev–Trinajstić information content (AvgIpc) is 2.67. The molecule has 28 heavy (non-hydrogen) atoms. The molecule has 8 nitrogen and oxygen atoms in total. The van der Waals surface area contributed by atoms with Crippen molar-refractivity contribution in [3.63, 3.8) is 0 Å². The molecule has 0 saturated heterocycles. The van der Waals surface area contributed by atoms with Crippen molar-refractivity contribution in [3.05, 3.63) is 57.6 Å². The minimum Gasteiger partial charge on any atom is -0.493 e. The molecule has 0 bridgehead atoms. The summed E-state index contributed by atoms with van der Waals surface area (Å²) in [6, 6.07) is 9.60. The lowest BCUT2D eigenvalue weighted by Gasteiger charge is -2.15. The van der Waals surface area contributed by atoms with E-state index in [1.54, 1.807) is 31.2 Å². The number of carbonyl (C=O) groups is 1. The second-order valence-electron chi connectivity index (χ2n) is 5.90. The summed E-state index contributed by atoms with van der Waals surface area (Å²) in [4.78, 5) is 22.4. The lowest BCUT2D eigenvalue weighted by atomic mass is 10.1. The summed E-state index contributed by atoms with van der Waals surface area (Å²) in [7, 11) is 1.52. The maximum Gasteiger partial charge on any atom is 0.310 e. The fourth-order valence-corrected chi connectivity index (χ4v) is 2.58. The van der Waals surface area contributed by atoms with Crippen molar-refractivity contribution < 1.29 is 23.9 Å². The summed E-state index contributed by atoms with van der Waals surface area (Å²) in [6.45, 7) is 5.13. The predicted octanol–water partition coefficient (Wildman–Crippen LogP) is 3.61. The molecule has 2 rings (SSSR count). The van der Waals surface area contributed by atoms with Gasteiger partial charge in [-0.3, -0.25) is 14.9 Å². The molecular weight excluding hydrogens is 364 g/mol. The number of esters is 1. The Labute approximate surface area is 163 Å². The van der Waals surface area contributed by atoms with Crippen LogP contribution < -0.4 is 14.8 Å². The first-order valence-electron chi connectivity index (χ1n) is 8.96. The standard InChI is InChI=1S/C20H24N2O6/c1-4-21-13-15-12-16(22(24)25)7-9-17(15)28-19-10-14(6-8-18(19)26-3)11-20(23)27-5-2/h6-10,12,21H,4-5,11,13H2,1-3H3. The van der Waals surface area contributed by atoms with E-state index in [1.807, 2.05) is 6.92 Å². The summed E-state index contributed by atoms with van der Waals surface area (Å²) >= 11 is 0. The molecule has 0 radical (unpaired) electrons. The van der Waals surface area contributed by atoms with E-state index in [2.05, 4.69) is 5.32 Å². The molecule has 8 heteroatoms. The van der Waals surface area contributed by atoms with Crippen LogP contribution in [0.5, 0.6) is 17.2 Å². The first-order chi connectivity index (χ1) is 13.5. The van der Waals surface area contributed by atoms with Crippen molar-refractivity contribution >= 4 is 11.7 Å². The highest BCUT2D eigenvalue weighted by Gasteiger charge is 2.15. The second-order valence-corrected chi connectivity index (χ2v) is 5.90. The van der Waals surface area contributed by atoms with E-state index in [4.69, 9.17) is 14.2 Å². The van der Waals surface area contributed by atoms with Gasteiger partial charge in [-0.05, 0) is 37.2 Å². The van der Waals surface area contributed by atoms with Gasteiger partial charge in [-0.15, -0.1) is 0 Å². The Morgan fingerprint density at radius 1 is 1.11 bits per heavy atom. The van der Waals surface area contributed by atoms with Gasteiger partial charge in [0, 0.05) is 24.2 Å². The lowest BCUT2D eigenvalue weighted by Crippen LogP contribution is -2.12. The SMILES string of the molecule is CCNCc1cc([N+](=O)[O-])ccc1Oc1cc(CC(=O)OCC)ccc1OC. The Morgan fingerprint density at radius 2 is 1.86 bits per heavy atom. The zero-order valence-electron chi connectivity index (χ0n) is 16.2. The van der Waals surface area contributed by atoms with Crippen LogP contribution in [-0.4, -0.2) is 31.2 Å². The van der Waals surface area contributed by atoms with E-state index < -0.39 is 4.92 Å². The zero-order chi connectivity index (χ0) is 20.5. The second kappa shape index (κ2) is 10.3. The molecule has 2 aromatic rings. The van der Waals surface area contributed by atoms with Crippen molar-refractivity contribution in [3.8, 4) is 17.2 Å². The molecule has 0 spiro atoms. The third-order valence-corrected chi connectivity index (χ3v) is 3.92. The quantitative estimate of drug-likeness (QED) is 0.377. The van der Waals surface area contributed by atoms with Gasteiger partial charge >= 0.3 is 5.97 Å². The highest BCUT2D eigenvalue weighted by Crippen LogP contribution is 2.35. The Kier molecular flexibility index (Phi) is 7.76. The van der Waals surface area contributed by atoms with Crippen LogP contribution in [0.4, 0.5) is 5.69 Å². The van der Waals surface area contributed by atoms with E-state index >= 15 is 0 Å². The normalized spacial score (nSPS) is 10.4. The summed E-state index contributed by atoms with van der Waals surface area (Å²) in [6.07, 6.45) is 0.110. The molecule has 0 heterocycles. The van der Waals surface area contributed by atoms with Crippen LogP contribution in [0.15, 0.2) is 36.4 Å². The first-order valence-corrected chi connectivity index (χ1v) is 8.96. The summed E-state index contributed by atoms with van der Waals surface area (Å²) in [5, 5.41) is 14.2. The predicted molar refractivity (Wildman–Crippen MR) is 104 cm³/mol. The van der Waals surface area contributed by atoms with E-state index in [-0.39, 0.29) is 18.1 Å². The van der Waals surface area contributed by atoms with E-state index in [9.17, 15) is 14.9 Å². The maximum atomic E-state index is 11.7. The highest BCUT2D eigenvalue weighted by molar-refractivity contribution is 5.73. The van der Waals surface area contributed by atoms with Gasteiger partial charge in [0.15, 0.2) is 11.5 Å². The fourth-order valence-electron chi connectivity index (χ4n) is 2.58. The number of nitro groups is 1. The number of non-ortho nitro benzene ring substituents is 1. The van der Waals surface area contributed by atoms with E-state index in [1.165, 1.54) is 19.2 Å². The number of ether oxygens (including phenoxy) is 3.